The third kappa shape index (κ3) is 7.42. The van der Waals surface area contributed by atoms with Gasteiger partial charge in [-0.25, -0.2) is 9.59 Å². The summed E-state index contributed by atoms with van der Waals surface area (Å²) >= 11 is 0. The lowest BCUT2D eigenvalue weighted by molar-refractivity contribution is -0.0480. The van der Waals surface area contributed by atoms with Crippen LogP contribution < -0.4 is 5.32 Å². The van der Waals surface area contributed by atoms with Crippen LogP contribution in [0, 0.1) is 0 Å². The van der Waals surface area contributed by atoms with E-state index in [0.717, 1.165) is 5.56 Å². The lowest BCUT2D eigenvalue weighted by Crippen LogP contribution is -2.47. The Morgan fingerprint density at radius 3 is 2.62 bits per heavy atom. The van der Waals surface area contributed by atoms with Gasteiger partial charge in [-0.05, 0) is 46.6 Å². The quantitative estimate of drug-likeness (QED) is 0.567. The minimum Gasteiger partial charge on any atom is -0.444 e. The Bertz CT molecular complexity index is 710. The van der Waals surface area contributed by atoms with Gasteiger partial charge in [0.2, 0.25) is 0 Å². The van der Waals surface area contributed by atoms with E-state index in [2.05, 4.69) is 5.32 Å². The van der Waals surface area contributed by atoms with Gasteiger partial charge in [0.1, 0.15) is 17.9 Å². The fourth-order valence-corrected chi connectivity index (χ4v) is 2.94. The molecule has 2 rings (SSSR count). The van der Waals surface area contributed by atoms with Crippen molar-refractivity contribution >= 4 is 12.2 Å². The molecule has 7 nitrogen and oxygen atoms in total. The molecule has 1 fully saturated rings. The zero-order chi connectivity index (χ0) is 21.5. The van der Waals surface area contributed by atoms with Crippen LogP contribution in [0.15, 0.2) is 42.5 Å². The van der Waals surface area contributed by atoms with Crippen LogP contribution in [-0.4, -0.2) is 47.6 Å². The van der Waals surface area contributed by atoms with Crippen molar-refractivity contribution in [1.29, 1.82) is 0 Å². The Balaban J connectivity index is 1.84. The monoisotopic (exact) mass is 404 g/mol. The summed E-state index contributed by atoms with van der Waals surface area (Å²) in [4.78, 5) is 25.9. The van der Waals surface area contributed by atoms with Crippen molar-refractivity contribution in [2.75, 3.05) is 13.2 Å². The summed E-state index contributed by atoms with van der Waals surface area (Å²) in [6, 6.07) is 9.32. The number of benzene rings is 1. The minimum atomic E-state index is -0.752. The second-order valence-electron chi connectivity index (χ2n) is 8.38. The normalized spacial score (nSPS) is 18.7. The molecule has 1 aromatic carbocycles. The number of alkyl carbamates (subject to hydrolysis) is 1. The maximum atomic E-state index is 12.7. The Kier molecular flexibility index (Phi) is 7.67. The summed E-state index contributed by atoms with van der Waals surface area (Å²) in [6.45, 7) is 10.2. The van der Waals surface area contributed by atoms with E-state index in [1.165, 1.54) is 0 Å². The van der Waals surface area contributed by atoms with E-state index in [9.17, 15) is 9.59 Å². The van der Waals surface area contributed by atoms with E-state index in [-0.39, 0.29) is 12.6 Å². The van der Waals surface area contributed by atoms with Crippen LogP contribution in [0.4, 0.5) is 9.59 Å². The van der Waals surface area contributed by atoms with Gasteiger partial charge in [0, 0.05) is 6.54 Å². The van der Waals surface area contributed by atoms with Gasteiger partial charge in [0.05, 0.1) is 12.6 Å². The largest absolute Gasteiger partial charge is 0.444 e. The molecule has 1 N–H and O–H groups in total. The molecule has 0 unspecified atom stereocenters. The van der Waals surface area contributed by atoms with E-state index in [0.29, 0.717) is 19.6 Å². The number of hydrogen-bond donors (Lipinski definition) is 1. The van der Waals surface area contributed by atoms with Crippen molar-refractivity contribution in [3.05, 3.63) is 48.0 Å². The fourth-order valence-electron chi connectivity index (χ4n) is 2.94. The van der Waals surface area contributed by atoms with E-state index in [4.69, 9.17) is 14.2 Å². The maximum Gasteiger partial charge on any atom is 0.412 e. The first-order valence-electron chi connectivity index (χ1n) is 9.86. The molecule has 1 aliphatic rings. The van der Waals surface area contributed by atoms with Crippen molar-refractivity contribution < 1.29 is 23.8 Å². The van der Waals surface area contributed by atoms with Gasteiger partial charge in [-0.3, -0.25) is 4.90 Å². The highest BCUT2D eigenvalue weighted by Crippen LogP contribution is 2.29. The first-order chi connectivity index (χ1) is 13.6. The van der Waals surface area contributed by atoms with Crippen molar-refractivity contribution in [1.82, 2.24) is 10.2 Å². The third-order valence-corrected chi connectivity index (χ3v) is 4.26. The third-order valence-electron chi connectivity index (χ3n) is 4.26. The van der Waals surface area contributed by atoms with Crippen molar-refractivity contribution in [3.63, 3.8) is 0 Å². The smallest absolute Gasteiger partial charge is 0.412 e. The predicted molar refractivity (Wildman–Crippen MR) is 110 cm³/mol. The molecule has 7 heteroatoms. The molecule has 0 bridgehead atoms. The fraction of sp³-hybridized carbons (Fsp3) is 0.545. The number of amides is 2. The van der Waals surface area contributed by atoms with Crippen LogP contribution in [0.1, 0.15) is 46.6 Å². The molecule has 0 spiro atoms. The van der Waals surface area contributed by atoms with Crippen LogP contribution in [0.25, 0.3) is 0 Å². The molecule has 0 aliphatic carbocycles. The van der Waals surface area contributed by atoms with Crippen molar-refractivity contribution in [3.8, 4) is 0 Å². The van der Waals surface area contributed by atoms with E-state index >= 15 is 0 Å². The molecule has 1 aliphatic heterocycles. The van der Waals surface area contributed by atoms with Crippen LogP contribution in [0.3, 0.4) is 0 Å². The van der Waals surface area contributed by atoms with Gasteiger partial charge >= 0.3 is 12.2 Å². The zero-order valence-corrected chi connectivity index (χ0v) is 17.9. The number of rotatable bonds is 6. The number of ether oxygens (including phenoxy) is 3. The Hall–Kier alpha value is -2.54. The number of nitrogens with one attached hydrogen (secondary N) is 1. The highest BCUT2D eigenvalue weighted by atomic mass is 16.6. The summed E-state index contributed by atoms with van der Waals surface area (Å²) in [7, 11) is 0. The SMILES string of the molecule is CC(C)(C)OC(=O)NCC/C=C/[C@H]1COC(C)(C)N1C(=O)OCc1ccccc1. The van der Waals surface area contributed by atoms with Crippen LogP contribution in [0.2, 0.25) is 0 Å². The Labute approximate surface area is 173 Å². The average Bonchev–Trinajstić information content (AvgIpc) is 2.93. The highest BCUT2D eigenvalue weighted by Gasteiger charge is 2.43. The van der Waals surface area contributed by atoms with Gasteiger partial charge in [-0.15, -0.1) is 0 Å². The van der Waals surface area contributed by atoms with Gasteiger partial charge in [0.15, 0.2) is 0 Å². The first-order valence-corrected chi connectivity index (χ1v) is 9.86. The Morgan fingerprint density at radius 2 is 1.97 bits per heavy atom. The molecule has 2 amide bonds. The van der Waals surface area contributed by atoms with Gasteiger partial charge in [-0.1, -0.05) is 42.5 Å². The lowest BCUT2D eigenvalue weighted by Gasteiger charge is -2.31. The molecule has 1 atom stereocenters. The molecule has 1 aromatic rings. The highest BCUT2D eigenvalue weighted by molar-refractivity contribution is 5.69. The van der Waals surface area contributed by atoms with Gasteiger partial charge in [-0.2, -0.15) is 0 Å². The van der Waals surface area contributed by atoms with Crippen LogP contribution >= 0.6 is 0 Å². The predicted octanol–water partition coefficient (Wildman–Crippen LogP) is 4.23. The van der Waals surface area contributed by atoms with Crippen molar-refractivity contribution in [2.45, 2.75) is 65.0 Å². The average molecular weight is 405 g/mol. The number of carbonyl (C=O) groups is 2. The second kappa shape index (κ2) is 9.78. The summed E-state index contributed by atoms with van der Waals surface area (Å²) in [6.07, 6.45) is 3.59. The van der Waals surface area contributed by atoms with Crippen LogP contribution in [-0.2, 0) is 20.8 Å². The molecule has 0 saturated carbocycles. The summed E-state index contributed by atoms with van der Waals surface area (Å²) in [5, 5.41) is 2.70. The molecule has 1 heterocycles. The molecule has 0 radical (unpaired) electrons. The van der Waals surface area contributed by atoms with Gasteiger partial charge in [0.25, 0.3) is 0 Å². The summed E-state index contributed by atoms with van der Waals surface area (Å²) in [5.74, 6) is 0. The van der Waals surface area contributed by atoms with E-state index < -0.39 is 23.5 Å². The van der Waals surface area contributed by atoms with Crippen LogP contribution in [0.5, 0.6) is 0 Å². The molecule has 0 aromatic heterocycles. The topological polar surface area (TPSA) is 77.1 Å². The standard InChI is InChI=1S/C22H32N2O5/c1-21(2,3)29-19(25)23-14-10-9-13-18-16-28-22(4,5)24(18)20(26)27-15-17-11-7-6-8-12-17/h6-9,11-13,18H,10,14-16H2,1-5H3,(H,23,25)/b13-9+/t18-/m0/s1. The lowest BCUT2D eigenvalue weighted by atomic mass is 10.2. The van der Waals surface area contributed by atoms with Crippen molar-refractivity contribution in [2.24, 2.45) is 0 Å². The first kappa shape index (κ1) is 22.7. The maximum absolute atomic E-state index is 12.7. The van der Waals surface area contributed by atoms with E-state index in [1.807, 2.05) is 77.1 Å². The molecular weight excluding hydrogens is 372 g/mol. The number of carbonyl (C=O) groups excluding carboxylic acids is 2. The zero-order valence-electron chi connectivity index (χ0n) is 17.9. The number of hydrogen-bond acceptors (Lipinski definition) is 5. The van der Waals surface area contributed by atoms with Gasteiger partial charge < -0.3 is 19.5 Å². The summed E-state index contributed by atoms with van der Waals surface area (Å²) in [5.41, 5.74) is -0.343. The molecule has 1 saturated heterocycles. The number of nitrogens with zero attached hydrogens (tertiary/aromatic N) is 1. The second-order valence-corrected chi connectivity index (χ2v) is 8.38. The summed E-state index contributed by atoms with van der Waals surface area (Å²) < 4.78 is 16.4. The molecule has 29 heavy (non-hydrogen) atoms. The minimum absolute atomic E-state index is 0.211. The Morgan fingerprint density at radius 1 is 1.28 bits per heavy atom. The molecule has 160 valence electrons. The molecular formula is C22H32N2O5. The van der Waals surface area contributed by atoms with E-state index in [1.54, 1.807) is 4.90 Å².